The van der Waals surface area contributed by atoms with Crippen molar-refractivity contribution in [3.8, 4) is 23.0 Å². The Balaban J connectivity index is 1.36. The average Bonchev–Trinajstić information content (AvgIpc) is 3.78. The monoisotopic (exact) mass is 797 g/mol. The second kappa shape index (κ2) is 20.4. The Bertz CT molecular complexity index is 1690. The number of anilines is 1. The summed E-state index contributed by atoms with van der Waals surface area (Å²) in [6.45, 7) is 1.52. The largest absolute Gasteiger partial charge is 0.504 e. The minimum Gasteiger partial charge on any atom is -0.504 e. The normalized spacial score (nSPS) is 25.9. The van der Waals surface area contributed by atoms with Crippen molar-refractivity contribution in [2.45, 2.75) is 69.8 Å². The molecule has 1 heterocycles. The Hall–Kier alpha value is -3.79. The first-order valence-corrected chi connectivity index (χ1v) is 21.7. The fraction of sp³-hybridized carbons (Fsp3) is 0.575. The molecule has 0 spiro atoms. The maximum atomic E-state index is 14.3. The molecule has 15 heteroatoms. The topological polar surface area (TPSA) is 184 Å². The maximum absolute atomic E-state index is 14.3. The van der Waals surface area contributed by atoms with Crippen LogP contribution in [0, 0.1) is 17.3 Å². The van der Waals surface area contributed by atoms with Gasteiger partial charge in [0.25, 0.3) is 0 Å². The van der Waals surface area contributed by atoms with E-state index < -0.39 is 11.0 Å². The summed E-state index contributed by atoms with van der Waals surface area (Å²) in [4.78, 5) is 22.6. The van der Waals surface area contributed by atoms with Crippen molar-refractivity contribution >= 4 is 45.0 Å². The predicted octanol–water partition coefficient (Wildman–Crippen LogP) is 5.57. The molecule has 1 aliphatic heterocycles. The molecular formula is C40H59N7O6S2. The van der Waals surface area contributed by atoms with Crippen LogP contribution < -0.4 is 36.5 Å². The molecule has 5 rings (SSSR count). The molecule has 2 aromatic rings. The van der Waals surface area contributed by atoms with Crippen LogP contribution in [0.2, 0.25) is 0 Å². The molecule has 0 radical (unpaired) electrons. The third-order valence-electron chi connectivity index (χ3n) is 11.1. The highest BCUT2D eigenvalue weighted by Gasteiger charge is 2.47. The number of methoxy groups -OCH3 is 1. The van der Waals surface area contributed by atoms with Crippen molar-refractivity contribution in [1.82, 2.24) is 16.0 Å². The summed E-state index contributed by atoms with van der Waals surface area (Å²) >= 11 is 0. The second-order valence-electron chi connectivity index (χ2n) is 14.7. The number of benzene rings is 2. The number of ketones is 1. The molecule has 2 fully saturated rings. The van der Waals surface area contributed by atoms with Crippen molar-refractivity contribution in [1.29, 1.82) is 0 Å². The summed E-state index contributed by atoms with van der Waals surface area (Å²) in [6, 6.07) is 9.26. The molecule has 0 amide bonds. The number of phenolic OH excluding ortho intramolecular Hbond substituents is 2. The van der Waals surface area contributed by atoms with Gasteiger partial charge in [-0.2, -0.15) is 0 Å². The Labute approximate surface area is 333 Å². The van der Waals surface area contributed by atoms with E-state index in [-0.39, 0.29) is 23.2 Å². The number of ether oxygens (including phenoxy) is 3. The first-order chi connectivity index (χ1) is 26.6. The van der Waals surface area contributed by atoms with Crippen molar-refractivity contribution in [3.63, 3.8) is 0 Å². The molecule has 3 aliphatic rings. The predicted molar refractivity (Wildman–Crippen MR) is 224 cm³/mol. The van der Waals surface area contributed by atoms with E-state index in [4.69, 9.17) is 19.9 Å². The van der Waals surface area contributed by atoms with E-state index in [0.717, 1.165) is 61.8 Å². The quantitative estimate of drug-likeness (QED) is 0.0354. The smallest absolute Gasteiger partial charge is 0.196 e. The Kier molecular flexibility index (Phi) is 15.7. The number of carbonyl (C=O) groups excluding carboxylic acids is 1. The van der Waals surface area contributed by atoms with E-state index in [2.05, 4.69) is 31.3 Å². The standard InChI is InChI=1S/C40H59N7O6S2/c1-42-24-39(16-13-27(21-39)14-17-52-25-45-37(41)43-2)53-34-19-28-8-5-6-10-35(49)40(22-29-11-12-32(48)33(20-29)51-4)15-7-9-30(40)23-54-55-26-46-38(44-3)47-31(18-28)36(34)50/h6,10-12,18-20,27,30,42,48,50H,5,7-9,13-17,21-26H2,1-4H3,(H3,41,43,45)(H2,44,46,47). The summed E-state index contributed by atoms with van der Waals surface area (Å²) in [6.07, 6.45) is 11.9. The number of hydrogen-bond acceptors (Lipinski definition) is 11. The number of allylic oxidation sites excluding steroid dienone is 2. The van der Waals surface area contributed by atoms with Crippen molar-refractivity contribution < 1.29 is 29.2 Å². The zero-order chi connectivity index (χ0) is 39.3. The Morgan fingerprint density at radius 3 is 2.76 bits per heavy atom. The summed E-state index contributed by atoms with van der Waals surface area (Å²) < 4.78 is 18.0. The summed E-state index contributed by atoms with van der Waals surface area (Å²) in [5.74, 6) is 3.99. The van der Waals surface area contributed by atoms with Crippen LogP contribution in [-0.2, 0) is 22.4 Å². The molecule has 2 aromatic carbocycles. The number of fused-ring (bicyclic) bond motifs is 3. The molecule has 55 heavy (non-hydrogen) atoms. The van der Waals surface area contributed by atoms with Gasteiger partial charge in [0.2, 0.25) is 0 Å². The van der Waals surface area contributed by atoms with Crippen LogP contribution in [0.3, 0.4) is 0 Å². The van der Waals surface area contributed by atoms with Crippen molar-refractivity contribution in [2.75, 3.05) is 65.1 Å². The number of nitrogens with two attached hydrogens (primary N) is 1. The average molecular weight is 798 g/mol. The third kappa shape index (κ3) is 11.2. The molecule has 0 saturated heterocycles. The SMILES string of the molecule is CN=C(N)NCOCCC1CCC(CNC)(Oc2cc3cc(c2O)NC(=NC)NCSSCC2CCCC2(Cc2ccc(O)c(OC)c2)C(=O)C=CCC3)C1. The van der Waals surface area contributed by atoms with E-state index in [9.17, 15) is 15.0 Å². The molecule has 13 nitrogen and oxygen atoms in total. The summed E-state index contributed by atoms with van der Waals surface area (Å²) in [7, 11) is 10.2. The van der Waals surface area contributed by atoms with Gasteiger partial charge in [0.1, 0.15) is 12.3 Å². The zero-order valence-electron chi connectivity index (χ0n) is 32.6. The fourth-order valence-corrected chi connectivity index (χ4v) is 10.4. The molecule has 0 aromatic heterocycles. The summed E-state index contributed by atoms with van der Waals surface area (Å²) in [5, 5.41) is 34.8. The van der Waals surface area contributed by atoms with E-state index in [1.807, 2.05) is 37.4 Å². The lowest BCUT2D eigenvalue weighted by Crippen LogP contribution is -2.42. The lowest BCUT2D eigenvalue weighted by atomic mass is 9.70. The number of nitrogens with one attached hydrogen (secondary N) is 4. The number of aromatic hydroxyl groups is 2. The van der Waals surface area contributed by atoms with Gasteiger partial charge in [-0.15, -0.1) is 0 Å². The van der Waals surface area contributed by atoms with Gasteiger partial charge in [-0.05, 0) is 118 Å². The van der Waals surface area contributed by atoms with E-state index in [1.165, 1.54) is 0 Å². The van der Waals surface area contributed by atoms with Crippen molar-refractivity contribution in [2.24, 2.45) is 33.0 Å². The van der Waals surface area contributed by atoms with Crippen LogP contribution in [-0.4, -0.2) is 93.3 Å². The van der Waals surface area contributed by atoms with Crippen LogP contribution in [0.1, 0.15) is 62.5 Å². The maximum Gasteiger partial charge on any atom is 0.196 e. The van der Waals surface area contributed by atoms with Crippen LogP contribution in [0.25, 0.3) is 0 Å². The number of rotatable bonds is 12. The number of hydrogen-bond donors (Lipinski definition) is 7. The van der Waals surface area contributed by atoms with Gasteiger partial charge in [-0.25, -0.2) is 0 Å². The number of aliphatic imine (C=N–C) groups is 2. The number of nitrogens with zero attached hydrogens (tertiary/aromatic N) is 2. The number of aryl methyl sites for hydroxylation is 1. The highest BCUT2D eigenvalue weighted by atomic mass is 33.1. The lowest BCUT2D eigenvalue weighted by Gasteiger charge is -2.33. The first kappa shape index (κ1) is 42.4. The number of phenols is 2. The van der Waals surface area contributed by atoms with Gasteiger partial charge in [0.15, 0.2) is 40.7 Å². The highest BCUT2D eigenvalue weighted by Crippen LogP contribution is 2.50. The van der Waals surface area contributed by atoms with Crippen molar-refractivity contribution in [3.05, 3.63) is 53.6 Å². The van der Waals surface area contributed by atoms with Gasteiger partial charge in [-0.3, -0.25) is 14.8 Å². The second-order valence-corrected chi connectivity index (χ2v) is 17.2. The van der Waals surface area contributed by atoms with E-state index in [1.54, 1.807) is 54.9 Å². The third-order valence-corrected chi connectivity index (χ3v) is 13.3. The van der Waals surface area contributed by atoms with E-state index in [0.29, 0.717) is 80.0 Å². The molecular weight excluding hydrogens is 739 g/mol. The molecule has 8 N–H and O–H groups in total. The van der Waals surface area contributed by atoms with Crippen LogP contribution in [0.4, 0.5) is 5.69 Å². The Morgan fingerprint density at radius 2 is 1.98 bits per heavy atom. The molecule has 2 bridgehead atoms. The molecule has 302 valence electrons. The molecule has 4 atom stereocenters. The molecule has 4 unspecified atom stereocenters. The number of likely N-dealkylation sites (N-methyl/N-ethyl adjacent to an activating group) is 1. The fourth-order valence-electron chi connectivity index (χ4n) is 8.21. The number of guanidine groups is 2. The minimum absolute atomic E-state index is 0.0292. The molecule has 2 aliphatic carbocycles. The van der Waals surface area contributed by atoms with Gasteiger partial charge < -0.3 is 51.4 Å². The first-order valence-electron chi connectivity index (χ1n) is 19.2. The van der Waals surface area contributed by atoms with Gasteiger partial charge >= 0.3 is 0 Å². The van der Waals surface area contributed by atoms with E-state index >= 15 is 0 Å². The van der Waals surface area contributed by atoms with Crippen LogP contribution in [0.5, 0.6) is 23.0 Å². The molecule has 2 saturated carbocycles. The van der Waals surface area contributed by atoms with Gasteiger partial charge in [0, 0.05) is 38.4 Å². The highest BCUT2D eigenvalue weighted by molar-refractivity contribution is 8.76. The van der Waals surface area contributed by atoms with Crippen LogP contribution in [0.15, 0.2) is 52.5 Å². The summed E-state index contributed by atoms with van der Waals surface area (Å²) in [5.41, 5.74) is 7.10. The zero-order valence-corrected chi connectivity index (χ0v) is 34.3. The Morgan fingerprint density at radius 1 is 1.13 bits per heavy atom. The van der Waals surface area contributed by atoms with Gasteiger partial charge in [0.05, 0.1) is 18.7 Å². The van der Waals surface area contributed by atoms with Gasteiger partial charge in [-0.1, -0.05) is 40.2 Å². The minimum atomic E-state index is -0.542. The lowest BCUT2D eigenvalue weighted by molar-refractivity contribution is -0.125. The van der Waals surface area contributed by atoms with Crippen LogP contribution >= 0.6 is 21.6 Å². The number of carbonyl (C=O) groups is 1.